The third-order valence-electron chi connectivity index (χ3n) is 1.87. The summed E-state index contributed by atoms with van der Waals surface area (Å²) in [5.41, 5.74) is -0.251. The van der Waals surface area contributed by atoms with Crippen LogP contribution >= 0.6 is 0 Å². The van der Waals surface area contributed by atoms with Crippen LogP contribution in [0.15, 0.2) is 24.3 Å². The van der Waals surface area contributed by atoms with Crippen LogP contribution in [0.4, 0.5) is 10.5 Å². The van der Waals surface area contributed by atoms with E-state index in [1.54, 1.807) is 45.0 Å². The molecule has 1 aromatic rings. The Hall–Kier alpha value is -2.24. The van der Waals surface area contributed by atoms with Gasteiger partial charge in [-0.05, 0) is 32.9 Å². The Balaban J connectivity index is 2.72. The molecule has 1 rings (SSSR count). The lowest BCUT2D eigenvalue weighted by molar-refractivity contribution is -0.139. The standard InChI is InChI=1S/C13H17NO5/c1-13(2,3)19-12(17)14-9-6-4-5-7-10(9)18-8-11(15)16/h4-7H,8H2,1-3H3,(H,14,17)(H,15,16). The first-order valence-electron chi connectivity index (χ1n) is 5.71. The number of nitrogens with one attached hydrogen (secondary N) is 1. The number of para-hydroxylation sites is 2. The van der Waals surface area contributed by atoms with Gasteiger partial charge in [-0.1, -0.05) is 12.1 Å². The fourth-order valence-corrected chi connectivity index (χ4v) is 1.25. The monoisotopic (exact) mass is 267 g/mol. The average molecular weight is 267 g/mol. The maximum Gasteiger partial charge on any atom is 0.412 e. The van der Waals surface area contributed by atoms with Crippen molar-refractivity contribution in [1.82, 2.24) is 0 Å². The molecule has 6 heteroatoms. The van der Waals surface area contributed by atoms with Gasteiger partial charge in [-0.3, -0.25) is 5.32 Å². The van der Waals surface area contributed by atoms with Gasteiger partial charge in [-0.15, -0.1) is 0 Å². The van der Waals surface area contributed by atoms with Crippen LogP contribution in [-0.2, 0) is 9.53 Å². The van der Waals surface area contributed by atoms with E-state index < -0.39 is 24.3 Å². The predicted octanol–water partition coefficient (Wildman–Crippen LogP) is 2.50. The van der Waals surface area contributed by atoms with Gasteiger partial charge >= 0.3 is 12.1 Å². The Kier molecular flexibility index (Phi) is 4.74. The first kappa shape index (κ1) is 14.8. The molecular formula is C13H17NO5. The van der Waals surface area contributed by atoms with E-state index >= 15 is 0 Å². The number of carboxylic acid groups (broad SMARTS) is 1. The summed E-state index contributed by atoms with van der Waals surface area (Å²) in [6.07, 6.45) is -0.626. The highest BCUT2D eigenvalue weighted by atomic mass is 16.6. The topological polar surface area (TPSA) is 84.9 Å². The number of rotatable bonds is 4. The summed E-state index contributed by atoms with van der Waals surface area (Å²) in [7, 11) is 0. The molecule has 0 aromatic heterocycles. The molecule has 0 bridgehead atoms. The summed E-state index contributed by atoms with van der Waals surface area (Å²) in [5, 5.41) is 11.1. The molecule has 1 amide bonds. The summed E-state index contributed by atoms with van der Waals surface area (Å²) in [5.74, 6) is -0.817. The summed E-state index contributed by atoms with van der Waals surface area (Å²) >= 11 is 0. The average Bonchev–Trinajstić information content (AvgIpc) is 2.25. The second-order valence-corrected chi connectivity index (χ2v) is 4.81. The number of carbonyl (C=O) groups is 2. The summed E-state index contributed by atoms with van der Waals surface area (Å²) < 4.78 is 10.2. The van der Waals surface area contributed by atoms with Crippen molar-refractivity contribution in [1.29, 1.82) is 0 Å². The molecule has 2 N–H and O–H groups in total. The maximum absolute atomic E-state index is 11.6. The van der Waals surface area contributed by atoms with E-state index in [4.69, 9.17) is 14.6 Å². The van der Waals surface area contributed by atoms with E-state index in [1.807, 2.05) is 0 Å². The molecule has 0 atom stereocenters. The van der Waals surface area contributed by atoms with E-state index in [2.05, 4.69) is 5.32 Å². The Morgan fingerprint density at radius 3 is 2.47 bits per heavy atom. The number of amides is 1. The molecule has 1 aromatic carbocycles. The minimum absolute atomic E-state index is 0.274. The van der Waals surface area contributed by atoms with E-state index in [0.717, 1.165) is 0 Å². The molecule has 0 aliphatic rings. The van der Waals surface area contributed by atoms with Gasteiger partial charge in [0.25, 0.3) is 0 Å². The van der Waals surface area contributed by atoms with Crippen LogP contribution in [0.3, 0.4) is 0 Å². The summed E-state index contributed by atoms with van der Waals surface area (Å²) in [6, 6.07) is 6.54. The number of aliphatic carboxylic acids is 1. The van der Waals surface area contributed by atoms with Crippen molar-refractivity contribution < 1.29 is 24.2 Å². The second-order valence-electron chi connectivity index (χ2n) is 4.81. The number of carboxylic acids is 1. The van der Waals surface area contributed by atoms with Crippen molar-refractivity contribution in [3.63, 3.8) is 0 Å². The number of carbonyl (C=O) groups excluding carboxylic acids is 1. The second kappa shape index (κ2) is 6.08. The van der Waals surface area contributed by atoms with Gasteiger partial charge in [0.2, 0.25) is 0 Å². The molecule has 0 heterocycles. The van der Waals surface area contributed by atoms with E-state index in [1.165, 1.54) is 0 Å². The minimum atomic E-state index is -1.09. The Morgan fingerprint density at radius 1 is 1.26 bits per heavy atom. The molecule has 6 nitrogen and oxygen atoms in total. The molecule has 0 spiro atoms. The molecule has 0 saturated carbocycles. The minimum Gasteiger partial charge on any atom is -0.480 e. The van der Waals surface area contributed by atoms with Crippen molar-refractivity contribution in [3.05, 3.63) is 24.3 Å². The molecule has 0 aliphatic carbocycles. The largest absolute Gasteiger partial charge is 0.480 e. The number of hydrogen-bond acceptors (Lipinski definition) is 4. The lowest BCUT2D eigenvalue weighted by Gasteiger charge is -2.20. The van der Waals surface area contributed by atoms with Gasteiger partial charge in [0, 0.05) is 0 Å². The SMILES string of the molecule is CC(C)(C)OC(=O)Nc1ccccc1OCC(=O)O. The number of benzene rings is 1. The fraction of sp³-hybridized carbons (Fsp3) is 0.385. The zero-order valence-electron chi connectivity index (χ0n) is 11.1. The zero-order valence-corrected chi connectivity index (χ0v) is 11.1. The van der Waals surface area contributed by atoms with Crippen molar-refractivity contribution in [2.75, 3.05) is 11.9 Å². The highest BCUT2D eigenvalue weighted by Crippen LogP contribution is 2.24. The van der Waals surface area contributed by atoms with Crippen molar-refractivity contribution >= 4 is 17.7 Å². The van der Waals surface area contributed by atoms with Gasteiger partial charge in [-0.25, -0.2) is 9.59 Å². The van der Waals surface area contributed by atoms with Crippen LogP contribution in [0.25, 0.3) is 0 Å². The normalized spacial score (nSPS) is 10.7. The van der Waals surface area contributed by atoms with Gasteiger partial charge < -0.3 is 14.6 Å². The maximum atomic E-state index is 11.6. The molecular weight excluding hydrogens is 250 g/mol. The van der Waals surface area contributed by atoms with Gasteiger partial charge in [0.15, 0.2) is 6.61 Å². The highest BCUT2D eigenvalue weighted by Gasteiger charge is 2.17. The van der Waals surface area contributed by atoms with Crippen molar-refractivity contribution in [2.45, 2.75) is 26.4 Å². The van der Waals surface area contributed by atoms with Gasteiger partial charge in [-0.2, -0.15) is 0 Å². The molecule has 0 radical (unpaired) electrons. The van der Waals surface area contributed by atoms with Crippen molar-refractivity contribution in [2.24, 2.45) is 0 Å². The van der Waals surface area contributed by atoms with Crippen LogP contribution in [0.5, 0.6) is 5.75 Å². The van der Waals surface area contributed by atoms with Gasteiger partial charge in [0.05, 0.1) is 5.69 Å². The third-order valence-corrected chi connectivity index (χ3v) is 1.87. The molecule has 0 fully saturated rings. The number of hydrogen-bond donors (Lipinski definition) is 2. The zero-order chi connectivity index (χ0) is 14.5. The number of anilines is 1. The predicted molar refractivity (Wildman–Crippen MR) is 69.4 cm³/mol. The lowest BCUT2D eigenvalue weighted by Crippen LogP contribution is -2.27. The quantitative estimate of drug-likeness (QED) is 0.875. The molecule has 0 aliphatic heterocycles. The smallest absolute Gasteiger partial charge is 0.412 e. The fourth-order valence-electron chi connectivity index (χ4n) is 1.25. The Labute approximate surface area is 111 Å². The van der Waals surface area contributed by atoms with E-state index in [-0.39, 0.29) is 5.75 Å². The van der Waals surface area contributed by atoms with E-state index in [9.17, 15) is 9.59 Å². The molecule has 0 saturated heterocycles. The number of ether oxygens (including phenoxy) is 2. The van der Waals surface area contributed by atoms with Crippen LogP contribution in [0.2, 0.25) is 0 Å². The summed E-state index contributed by atoms with van der Waals surface area (Å²) in [4.78, 5) is 22.1. The first-order valence-corrected chi connectivity index (χ1v) is 5.71. The molecule has 0 unspecified atom stereocenters. The van der Waals surface area contributed by atoms with Crippen LogP contribution < -0.4 is 10.1 Å². The first-order chi connectivity index (χ1) is 8.78. The molecule has 19 heavy (non-hydrogen) atoms. The van der Waals surface area contributed by atoms with Crippen LogP contribution in [0, 0.1) is 0 Å². The third kappa shape index (κ3) is 5.76. The Morgan fingerprint density at radius 2 is 1.89 bits per heavy atom. The molecule has 104 valence electrons. The van der Waals surface area contributed by atoms with E-state index in [0.29, 0.717) is 5.69 Å². The highest BCUT2D eigenvalue weighted by molar-refractivity contribution is 5.87. The van der Waals surface area contributed by atoms with Crippen LogP contribution in [0.1, 0.15) is 20.8 Å². The van der Waals surface area contributed by atoms with Crippen molar-refractivity contribution in [3.8, 4) is 5.75 Å². The van der Waals surface area contributed by atoms with Crippen LogP contribution in [-0.4, -0.2) is 29.4 Å². The summed E-state index contributed by atoms with van der Waals surface area (Å²) in [6.45, 7) is 4.77. The Bertz CT molecular complexity index is 464. The lowest BCUT2D eigenvalue weighted by atomic mass is 10.2. The van der Waals surface area contributed by atoms with Gasteiger partial charge in [0.1, 0.15) is 11.4 Å².